The fourth-order valence-corrected chi connectivity index (χ4v) is 4.43. The molecule has 2 N–H and O–H groups in total. The van der Waals surface area contributed by atoms with Crippen molar-refractivity contribution in [2.24, 2.45) is 7.05 Å². The fraction of sp³-hybridized carbons (Fsp3) is 0.143. The molecule has 0 unspecified atom stereocenters. The van der Waals surface area contributed by atoms with E-state index in [0.29, 0.717) is 26.7 Å². The Morgan fingerprint density at radius 2 is 1.76 bits per heavy atom. The van der Waals surface area contributed by atoms with E-state index < -0.39 is 0 Å². The number of carbonyl (C=O) groups is 2. The van der Waals surface area contributed by atoms with Crippen LogP contribution in [0.15, 0.2) is 47.6 Å². The summed E-state index contributed by atoms with van der Waals surface area (Å²) in [5.74, 6) is -0.0492. The second kappa shape index (κ2) is 11.8. The molecule has 0 aliphatic rings. The standard InChI is InChI=1S/C21H17Cl4N5O2S/c1-30-17(10-26-18(31)7-6-12-4-2-3-5-14(12)23)28-29-21(30)33-11-19(32)27-20-15(24)8-13(22)9-16(20)25/h2-9H,10-11H2,1H3,(H,26,31)(H,27,32)/b7-6+. The molecule has 0 radical (unpaired) electrons. The van der Waals surface area contributed by atoms with Crippen molar-refractivity contribution >= 4 is 81.7 Å². The number of nitrogens with one attached hydrogen (secondary N) is 2. The number of carbonyl (C=O) groups excluding carboxylic acids is 2. The summed E-state index contributed by atoms with van der Waals surface area (Å²) in [6.45, 7) is 0.165. The number of amides is 2. The summed E-state index contributed by atoms with van der Waals surface area (Å²) in [5, 5.41) is 15.4. The molecular formula is C21H17Cl4N5O2S. The van der Waals surface area contributed by atoms with Gasteiger partial charge in [0.15, 0.2) is 11.0 Å². The molecular weight excluding hydrogens is 528 g/mol. The normalized spacial score (nSPS) is 11.1. The number of halogens is 4. The first-order valence-electron chi connectivity index (χ1n) is 9.40. The highest BCUT2D eigenvalue weighted by atomic mass is 35.5. The zero-order valence-corrected chi connectivity index (χ0v) is 21.0. The minimum Gasteiger partial charge on any atom is -0.345 e. The van der Waals surface area contributed by atoms with Crippen LogP contribution < -0.4 is 10.6 Å². The molecule has 0 aliphatic heterocycles. The highest BCUT2D eigenvalue weighted by molar-refractivity contribution is 7.99. The molecule has 3 aromatic rings. The first-order valence-corrected chi connectivity index (χ1v) is 11.9. The second-order valence-corrected chi connectivity index (χ2v) is 9.21. The third kappa shape index (κ3) is 7.12. The first-order chi connectivity index (χ1) is 15.7. The number of benzene rings is 2. The summed E-state index contributed by atoms with van der Waals surface area (Å²) >= 11 is 25.3. The molecule has 1 aromatic heterocycles. The fourth-order valence-electron chi connectivity index (χ4n) is 2.59. The Morgan fingerprint density at radius 1 is 1.06 bits per heavy atom. The van der Waals surface area contributed by atoms with E-state index >= 15 is 0 Å². The number of rotatable bonds is 8. The summed E-state index contributed by atoms with van der Waals surface area (Å²) in [7, 11) is 1.74. The number of hydrogen-bond donors (Lipinski definition) is 2. The third-order valence-corrected chi connectivity index (χ3v) is 6.45. The lowest BCUT2D eigenvalue weighted by molar-refractivity contribution is -0.116. The van der Waals surface area contributed by atoms with Crippen molar-refractivity contribution < 1.29 is 9.59 Å². The minimum absolute atomic E-state index is 0.0498. The molecule has 0 bridgehead atoms. The summed E-state index contributed by atoms with van der Waals surface area (Å²) in [5.41, 5.74) is 1.03. The molecule has 3 rings (SSSR count). The Kier molecular flexibility index (Phi) is 9.05. The van der Waals surface area contributed by atoms with Crippen molar-refractivity contribution in [3.05, 3.63) is 74.0 Å². The van der Waals surface area contributed by atoms with E-state index in [-0.39, 0.29) is 34.2 Å². The van der Waals surface area contributed by atoms with Crippen molar-refractivity contribution in [3.63, 3.8) is 0 Å². The number of nitrogens with zero attached hydrogens (tertiary/aromatic N) is 3. The van der Waals surface area contributed by atoms with Crippen LogP contribution in [0.1, 0.15) is 11.4 Å². The molecule has 2 amide bonds. The molecule has 33 heavy (non-hydrogen) atoms. The summed E-state index contributed by atoms with van der Waals surface area (Å²) in [4.78, 5) is 24.4. The van der Waals surface area contributed by atoms with E-state index in [0.717, 1.165) is 5.56 Å². The van der Waals surface area contributed by atoms with E-state index in [2.05, 4.69) is 20.8 Å². The molecule has 2 aromatic carbocycles. The van der Waals surface area contributed by atoms with Gasteiger partial charge in [-0.1, -0.05) is 76.4 Å². The average molecular weight is 545 g/mol. The zero-order chi connectivity index (χ0) is 24.0. The smallest absolute Gasteiger partial charge is 0.244 e. The van der Waals surface area contributed by atoms with E-state index in [1.165, 1.54) is 30.0 Å². The van der Waals surface area contributed by atoms with Crippen molar-refractivity contribution in [2.45, 2.75) is 11.7 Å². The number of anilines is 1. The number of thioether (sulfide) groups is 1. The monoisotopic (exact) mass is 543 g/mol. The predicted octanol–water partition coefficient (Wildman–Crippen LogP) is 5.49. The first kappa shape index (κ1) is 25.4. The van der Waals surface area contributed by atoms with E-state index in [1.807, 2.05) is 18.2 Å². The largest absolute Gasteiger partial charge is 0.345 e. The molecule has 0 saturated carbocycles. The number of hydrogen-bond acceptors (Lipinski definition) is 5. The van der Waals surface area contributed by atoms with Crippen LogP contribution in [0.2, 0.25) is 20.1 Å². The van der Waals surface area contributed by atoms with Gasteiger partial charge in [0.05, 0.1) is 28.0 Å². The molecule has 1 heterocycles. The molecule has 7 nitrogen and oxygen atoms in total. The second-order valence-electron chi connectivity index (χ2n) is 6.61. The van der Waals surface area contributed by atoms with Crippen molar-refractivity contribution in [1.82, 2.24) is 20.1 Å². The van der Waals surface area contributed by atoms with Gasteiger partial charge in [0.1, 0.15) is 0 Å². The highest BCUT2D eigenvalue weighted by Gasteiger charge is 2.15. The van der Waals surface area contributed by atoms with Gasteiger partial charge in [-0.25, -0.2) is 0 Å². The minimum atomic E-state index is -0.325. The molecule has 0 saturated heterocycles. The van der Waals surface area contributed by atoms with Crippen molar-refractivity contribution in [2.75, 3.05) is 11.1 Å². The Bertz CT molecular complexity index is 1190. The molecule has 0 spiro atoms. The van der Waals surface area contributed by atoms with Gasteiger partial charge in [0.2, 0.25) is 11.8 Å². The van der Waals surface area contributed by atoms with Gasteiger partial charge in [-0.3, -0.25) is 9.59 Å². The summed E-state index contributed by atoms with van der Waals surface area (Å²) < 4.78 is 1.69. The van der Waals surface area contributed by atoms with Crippen LogP contribution >= 0.6 is 58.2 Å². The molecule has 0 atom stereocenters. The van der Waals surface area contributed by atoms with Gasteiger partial charge in [-0.15, -0.1) is 10.2 Å². The summed E-state index contributed by atoms with van der Waals surface area (Å²) in [6, 6.07) is 10.2. The van der Waals surface area contributed by atoms with Crippen LogP contribution in [0.3, 0.4) is 0 Å². The van der Waals surface area contributed by atoms with Gasteiger partial charge in [0.25, 0.3) is 0 Å². The topological polar surface area (TPSA) is 88.9 Å². The van der Waals surface area contributed by atoms with Crippen LogP contribution in [0, 0.1) is 0 Å². The predicted molar refractivity (Wildman–Crippen MR) is 134 cm³/mol. The Balaban J connectivity index is 1.52. The van der Waals surface area contributed by atoms with Crippen LogP contribution in [-0.4, -0.2) is 32.3 Å². The lowest BCUT2D eigenvalue weighted by atomic mass is 10.2. The van der Waals surface area contributed by atoms with Crippen LogP contribution in [0.4, 0.5) is 5.69 Å². The van der Waals surface area contributed by atoms with Crippen LogP contribution in [-0.2, 0) is 23.2 Å². The van der Waals surface area contributed by atoms with Gasteiger partial charge >= 0.3 is 0 Å². The Hall–Kier alpha value is -2.23. The van der Waals surface area contributed by atoms with E-state index in [9.17, 15) is 9.59 Å². The quantitative estimate of drug-likeness (QED) is 0.289. The van der Waals surface area contributed by atoms with Gasteiger partial charge in [-0.2, -0.15) is 0 Å². The number of aromatic nitrogens is 3. The molecule has 0 fully saturated rings. The van der Waals surface area contributed by atoms with E-state index in [1.54, 1.807) is 23.8 Å². The molecule has 12 heteroatoms. The lowest BCUT2D eigenvalue weighted by Gasteiger charge is -2.09. The van der Waals surface area contributed by atoms with Gasteiger partial charge < -0.3 is 15.2 Å². The highest BCUT2D eigenvalue weighted by Crippen LogP contribution is 2.33. The maximum absolute atomic E-state index is 12.3. The lowest BCUT2D eigenvalue weighted by Crippen LogP contribution is -2.22. The van der Waals surface area contributed by atoms with Crippen LogP contribution in [0.25, 0.3) is 6.08 Å². The van der Waals surface area contributed by atoms with Gasteiger partial charge in [-0.05, 0) is 29.8 Å². The van der Waals surface area contributed by atoms with Crippen molar-refractivity contribution in [3.8, 4) is 0 Å². The molecule has 172 valence electrons. The third-order valence-electron chi connectivity index (χ3n) is 4.27. The SMILES string of the molecule is Cn1c(CNC(=O)/C=C/c2ccccc2Cl)nnc1SCC(=O)Nc1c(Cl)cc(Cl)cc1Cl. The molecule has 0 aliphatic carbocycles. The van der Waals surface area contributed by atoms with Gasteiger partial charge in [0, 0.05) is 23.2 Å². The zero-order valence-electron chi connectivity index (χ0n) is 17.1. The van der Waals surface area contributed by atoms with Crippen molar-refractivity contribution in [1.29, 1.82) is 0 Å². The Morgan fingerprint density at radius 3 is 2.45 bits per heavy atom. The van der Waals surface area contributed by atoms with E-state index in [4.69, 9.17) is 46.4 Å². The average Bonchev–Trinajstić information content (AvgIpc) is 3.12. The van der Waals surface area contributed by atoms with Crippen LogP contribution in [0.5, 0.6) is 0 Å². The Labute approximate surface area is 214 Å². The maximum Gasteiger partial charge on any atom is 0.244 e. The maximum atomic E-state index is 12.3. The summed E-state index contributed by atoms with van der Waals surface area (Å²) in [6.07, 6.45) is 3.03.